The molecule has 0 saturated heterocycles. The molecule has 0 heterocycles. The van der Waals surface area contributed by atoms with Crippen molar-refractivity contribution in [3.05, 3.63) is 40.9 Å². The van der Waals surface area contributed by atoms with Gasteiger partial charge >= 0.3 is 0 Å². The third-order valence-corrected chi connectivity index (χ3v) is 2.03. The Kier molecular flexibility index (Phi) is 3.25. The zero-order chi connectivity index (χ0) is 9.84. The minimum Gasteiger partial charge on any atom is -0.497 e. The maximum absolute atomic E-state index is 11.2. The van der Waals surface area contributed by atoms with Gasteiger partial charge in [0.15, 0.2) is 5.78 Å². The highest BCUT2D eigenvalue weighted by Gasteiger charge is 2.04. The number of carbonyl (C=O) groups excluding carboxylic acids is 1. The normalized spacial score (nSPS) is 9.38. The van der Waals surface area contributed by atoms with Crippen LogP contribution < -0.4 is 4.74 Å². The van der Waals surface area contributed by atoms with Crippen molar-refractivity contribution in [2.45, 2.75) is 0 Å². The number of benzene rings is 1. The number of ether oxygens (including phenoxy) is 1. The lowest BCUT2D eigenvalue weighted by Gasteiger charge is -2.02. The molecule has 1 aromatic rings. The first-order valence-electron chi connectivity index (χ1n) is 3.68. The first-order valence-corrected chi connectivity index (χ1v) is 4.48. The molecule has 13 heavy (non-hydrogen) atoms. The predicted octanol–water partition coefficient (Wildman–Crippen LogP) is 2.83. The van der Waals surface area contributed by atoms with Crippen LogP contribution in [0.4, 0.5) is 0 Å². The molecule has 1 aromatic carbocycles. The second-order valence-corrected chi connectivity index (χ2v) is 3.36. The van der Waals surface area contributed by atoms with Crippen molar-refractivity contribution in [1.29, 1.82) is 0 Å². The van der Waals surface area contributed by atoms with Gasteiger partial charge < -0.3 is 4.74 Å². The quantitative estimate of drug-likeness (QED) is 0.600. The van der Waals surface area contributed by atoms with Crippen molar-refractivity contribution in [2.24, 2.45) is 0 Å². The molecule has 0 atom stereocenters. The molecule has 2 nitrogen and oxygen atoms in total. The molecule has 0 aliphatic heterocycles. The Hall–Kier alpha value is -1.09. The topological polar surface area (TPSA) is 26.3 Å². The highest BCUT2D eigenvalue weighted by molar-refractivity contribution is 9.10. The Balaban J connectivity index is 3.15. The Labute approximate surface area is 85.3 Å². The number of ketones is 1. The van der Waals surface area contributed by atoms with Gasteiger partial charge in [-0.3, -0.25) is 4.79 Å². The molecule has 0 saturated carbocycles. The smallest absolute Gasteiger partial charge is 0.185 e. The number of hydrogen-bond donors (Lipinski definition) is 0. The van der Waals surface area contributed by atoms with Gasteiger partial charge in [0.2, 0.25) is 0 Å². The fourth-order valence-electron chi connectivity index (χ4n) is 0.941. The van der Waals surface area contributed by atoms with E-state index in [9.17, 15) is 4.79 Å². The van der Waals surface area contributed by atoms with Gasteiger partial charge in [0.05, 0.1) is 7.11 Å². The van der Waals surface area contributed by atoms with Crippen LogP contribution in [0.1, 0.15) is 10.4 Å². The Morgan fingerprint density at radius 2 is 2.23 bits per heavy atom. The zero-order valence-electron chi connectivity index (χ0n) is 7.21. The van der Waals surface area contributed by atoms with E-state index in [0.717, 1.165) is 4.47 Å². The third-order valence-electron chi connectivity index (χ3n) is 1.58. The Bertz CT molecular complexity index is 345. The summed E-state index contributed by atoms with van der Waals surface area (Å²) in [5.74, 6) is 0.541. The van der Waals surface area contributed by atoms with Gasteiger partial charge in [0.25, 0.3) is 0 Å². The van der Waals surface area contributed by atoms with E-state index in [1.165, 1.54) is 6.08 Å². The monoisotopic (exact) mass is 240 g/mol. The van der Waals surface area contributed by atoms with E-state index >= 15 is 0 Å². The number of rotatable bonds is 3. The highest BCUT2D eigenvalue weighted by atomic mass is 79.9. The number of halogens is 1. The molecule has 0 amide bonds. The molecule has 0 aromatic heterocycles. The van der Waals surface area contributed by atoms with E-state index in [2.05, 4.69) is 22.5 Å². The lowest BCUT2D eigenvalue weighted by molar-refractivity contribution is 0.104. The van der Waals surface area contributed by atoms with Gasteiger partial charge in [-0.2, -0.15) is 0 Å². The maximum atomic E-state index is 11.2. The molecule has 0 aliphatic rings. The first kappa shape index (κ1) is 9.99. The molecular formula is C10H9BrO2. The second kappa shape index (κ2) is 4.23. The summed E-state index contributed by atoms with van der Waals surface area (Å²) in [6.07, 6.45) is 1.28. The van der Waals surface area contributed by atoms with Crippen LogP contribution in [0.25, 0.3) is 0 Å². The molecule has 0 bridgehead atoms. The van der Waals surface area contributed by atoms with E-state index in [1.54, 1.807) is 25.3 Å². The van der Waals surface area contributed by atoms with Crippen molar-refractivity contribution in [3.8, 4) is 5.75 Å². The van der Waals surface area contributed by atoms with Crippen LogP contribution >= 0.6 is 15.9 Å². The molecule has 3 heteroatoms. The number of carbonyl (C=O) groups is 1. The van der Waals surface area contributed by atoms with Crippen LogP contribution in [0.5, 0.6) is 5.75 Å². The summed E-state index contributed by atoms with van der Waals surface area (Å²) in [4.78, 5) is 11.2. The fraction of sp³-hybridized carbons (Fsp3) is 0.100. The molecule has 0 N–H and O–H groups in total. The van der Waals surface area contributed by atoms with Crippen molar-refractivity contribution < 1.29 is 9.53 Å². The molecule has 0 fully saturated rings. The molecule has 0 spiro atoms. The van der Waals surface area contributed by atoms with Crippen LogP contribution in [-0.2, 0) is 0 Å². The summed E-state index contributed by atoms with van der Waals surface area (Å²) in [5, 5.41) is 0. The first-order chi connectivity index (χ1) is 6.17. The predicted molar refractivity (Wildman–Crippen MR) is 55.2 cm³/mol. The number of allylic oxidation sites excluding steroid dienone is 1. The highest BCUT2D eigenvalue weighted by Crippen LogP contribution is 2.21. The minimum atomic E-state index is -0.111. The van der Waals surface area contributed by atoms with Crippen molar-refractivity contribution in [2.75, 3.05) is 7.11 Å². The molecular weight excluding hydrogens is 232 g/mol. The van der Waals surface area contributed by atoms with Crippen LogP contribution in [0.15, 0.2) is 35.3 Å². The summed E-state index contributed by atoms with van der Waals surface area (Å²) in [7, 11) is 1.56. The molecule has 0 unspecified atom stereocenters. The van der Waals surface area contributed by atoms with E-state index in [4.69, 9.17) is 4.74 Å². The van der Waals surface area contributed by atoms with Crippen molar-refractivity contribution in [3.63, 3.8) is 0 Å². The van der Waals surface area contributed by atoms with Crippen molar-refractivity contribution in [1.82, 2.24) is 0 Å². The molecule has 0 radical (unpaired) electrons. The standard InChI is InChI=1S/C10H9BrO2/c1-3-10(12)7-4-8(11)6-9(5-7)13-2/h3-6H,1H2,2H3. The summed E-state index contributed by atoms with van der Waals surface area (Å²) in [5.41, 5.74) is 0.571. The van der Waals surface area contributed by atoms with Gasteiger partial charge in [0.1, 0.15) is 5.75 Å². The Morgan fingerprint density at radius 1 is 1.54 bits per heavy atom. The number of hydrogen-bond acceptors (Lipinski definition) is 2. The SMILES string of the molecule is C=CC(=O)c1cc(Br)cc(OC)c1. The Morgan fingerprint density at radius 3 is 2.77 bits per heavy atom. The van der Waals surface area contributed by atoms with Gasteiger partial charge in [-0.25, -0.2) is 0 Å². The minimum absolute atomic E-state index is 0.111. The third kappa shape index (κ3) is 2.42. The summed E-state index contributed by atoms with van der Waals surface area (Å²) < 4.78 is 5.83. The zero-order valence-corrected chi connectivity index (χ0v) is 8.80. The van der Waals surface area contributed by atoms with E-state index in [-0.39, 0.29) is 5.78 Å². The average Bonchev–Trinajstić information content (AvgIpc) is 2.15. The molecule has 0 aliphatic carbocycles. The van der Waals surface area contributed by atoms with Gasteiger partial charge in [0, 0.05) is 10.0 Å². The van der Waals surface area contributed by atoms with Crippen LogP contribution in [0, 0.1) is 0 Å². The van der Waals surface area contributed by atoms with Gasteiger partial charge in [-0.05, 0) is 24.3 Å². The van der Waals surface area contributed by atoms with Gasteiger partial charge in [-0.15, -0.1) is 0 Å². The number of methoxy groups -OCH3 is 1. The van der Waals surface area contributed by atoms with E-state index in [1.807, 2.05) is 0 Å². The largest absolute Gasteiger partial charge is 0.497 e. The van der Waals surface area contributed by atoms with Crippen LogP contribution in [0.2, 0.25) is 0 Å². The van der Waals surface area contributed by atoms with Crippen LogP contribution in [0.3, 0.4) is 0 Å². The fourth-order valence-corrected chi connectivity index (χ4v) is 1.41. The second-order valence-electron chi connectivity index (χ2n) is 2.45. The van der Waals surface area contributed by atoms with Crippen LogP contribution in [-0.4, -0.2) is 12.9 Å². The molecule has 1 rings (SSSR count). The lowest BCUT2D eigenvalue weighted by atomic mass is 10.1. The maximum Gasteiger partial charge on any atom is 0.185 e. The lowest BCUT2D eigenvalue weighted by Crippen LogP contribution is -1.94. The molecule has 68 valence electrons. The van der Waals surface area contributed by atoms with Gasteiger partial charge in [-0.1, -0.05) is 22.5 Å². The average molecular weight is 241 g/mol. The summed E-state index contributed by atoms with van der Waals surface area (Å²) in [6.45, 7) is 3.42. The van der Waals surface area contributed by atoms with E-state index < -0.39 is 0 Å². The summed E-state index contributed by atoms with van der Waals surface area (Å²) in [6, 6.07) is 5.20. The van der Waals surface area contributed by atoms with Crippen molar-refractivity contribution >= 4 is 21.7 Å². The van der Waals surface area contributed by atoms with E-state index in [0.29, 0.717) is 11.3 Å². The summed E-state index contributed by atoms with van der Waals surface area (Å²) >= 11 is 3.28.